The van der Waals surface area contributed by atoms with Gasteiger partial charge < -0.3 is 4.90 Å². The summed E-state index contributed by atoms with van der Waals surface area (Å²) < 4.78 is 0. The van der Waals surface area contributed by atoms with Crippen molar-refractivity contribution in [3.63, 3.8) is 0 Å². The van der Waals surface area contributed by atoms with Crippen LogP contribution in [-0.4, -0.2) is 30.4 Å². The van der Waals surface area contributed by atoms with E-state index in [1.165, 1.54) is 24.0 Å². The lowest BCUT2D eigenvalue weighted by Crippen LogP contribution is -2.36. The third-order valence-corrected chi connectivity index (χ3v) is 5.80. The van der Waals surface area contributed by atoms with E-state index < -0.39 is 0 Å². The maximum Gasteiger partial charge on any atom is 0.241 e. The standard InChI is InChI=1S/C20H19ClN2O/c21-16-8-9-18-17(10-16)20(15-4-2-1-3-5-15)13-22(20)12-19(24)23(18)11-14-6-7-14/h1-5,8-10,14H,6-7,11-13H2. The number of carbonyl (C=O) groups excluding carboxylic acids is 1. The molecule has 2 aromatic carbocycles. The first-order valence-corrected chi connectivity index (χ1v) is 8.97. The van der Waals surface area contributed by atoms with E-state index in [2.05, 4.69) is 35.2 Å². The smallest absolute Gasteiger partial charge is 0.241 e. The van der Waals surface area contributed by atoms with Crippen molar-refractivity contribution in [1.29, 1.82) is 0 Å². The van der Waals surface area contributed by atoms with Gasteiger partial charge in [-0.15, -0.1) is 0 Å². The van der Waals surface area contributed by atoms with Gasteiger partial charge in [0, 0.05) is 29.4 Å². The minimum Gasteiger partial charge on any atom is -0.311 e. The van der Waals surface area contributed by atoms with Crippen molar-refractivity contribution in [3.8, 4) is 0 Å². The zero-order valence-corrected chi connectivity index (χ0v) is 14.2. The summed E-state index contributed by atoms with van der Waals surface area (Å²) in [4.78, 5) is 17.2. The first-order chi connectivity index (χ1) is 11.7. The molecule has 2 heterocycles. The SMILES string of the molecule is O=C1CN2CC2(c2ccccc2)c2cc(Cl)ccc2N1CC1CC1. The minimum atomic E-state index is -0.199. The van der Waals surface area contributed by atoms with E-state index in [1.807, 2.05) is 23.1 Å². The van der Waals surface area contributed by atoms with Crippen molar-refractivity contribution in [3.05, 3.63) is 64.7 Å². The van der Waals surface area contributed by atoms with Gasteiger partial charge in [-0.2, -0.15) is 0 Å². The van der Waals surface area contributed by atoms with Gasteiger partial charge in [-0.3, -0.25) is 9.69 Å². The molecule has 0 N–H and O–H groups in total. The lowest BCUT2D eigenvalue weighted by molar-refractivity contribution is -0.118. The molecular weight excluding hydrogens is 320 g/mol. The zero-order valence-electron chi connectivity index (χ0n) is 13.4. The Balaban J connectivity index is 1.68. The van der Waals surface area contributed by atoms with Crippen LogP contribution < -0.4 is 4.90 Å². The van der Waals surface area contributed by atoms with Crippen molar-refractivity contribution in [2.24, 2.45) is 5.92 Å². The Bertz CT molecular complexity index is 818. The van der Waals surface area contributed by atoms with E-state index >= 15 is 0 Å². The molecule has 0 bridgehead atoms. The highest BCUT2D eigenvalue weighted by molar-refractivity contribution is 6.30. The van der Waals surface area contributed by atoms with Crippen LogP contribution in [-0.2, 0) is 10.3 Å². The number of carbonyl (C=O) groups is 1. The largest absolute Gasteiger partial charge is 0.311 e. The monoisotopic (exact) mass is 338 g/mol. The van der Waals surface area contributed by atoms with Gasteiger partial charge in [0.1, 0.15) is 0 Å². The molecule has 0 aromatic heterocycles. The molecular formula is C20H19ClN2O. The molecule has 2 fully saturated rings. The molecule has 1 aliphatic carbocycles. The second-order valence-corrected chi connectivity index (χ2v) is 7.63. The van der Waals surface area contributed by atoms with Crippen LogP contribution in [0.2, 0.25) is 5.02 Å². The maximum absolute atomic E-state index is 12.9. The highest BCUT2D eigenvalue weighted by Crippen LogP contribution is 2.53. The molecule has 24 heavy (non-hydrogen) atoms. The maximum atomic E-state index is 12.9. The van der Waals surface area contributed by atoms with Gasteiger partial charge in [0.25, 0.3) is 0 Å². The molecule has 0 radical (unpaired) electrons. The molecule has 2 aliphatic heterocycles. The van der Waals surface area contributed by atoms with E-state index in [-0.39, 0.29) is 11.4 Å². The van der Waals surface area contributed by atoms with Gasteiger partial charge in [0.2, 0.25) is 5.91 Å². The van der Waals surface area contributed by atoms with Crippen LogP contribution in [0.15, 0.2) is 48.5 Å². The van der Waals surface area contributed by atoms with Crippen molar-refractivity contribution < 1.29 is 4.79 Å². The third-order valence-electron chi connectivity index (χ3n) is 5.57. The van der Waals surface area contributed by atoms with Crippen molar-refractivity contribution in [1.82, 2.24) is 4.90 Å². The number of benzene rings is 2. The summed E-state index contributed by atoms with van der Waals surface area (Å²) in [5.74, 6) is 0.871. The Kier molecular flexibility index (Phi) is 3.07. The molecule has 3 nitrogen and oxygen atoms in total. The van der Waals surface area contributed by atoms with Crippen LogP contribution in [0.1, 0.15) is 24.0 Å². The highest BCUT2D eigenvalue weighted by Gasteiger charge is 2.58. The van der Waals surface area contributed by atoms with Gasteiger partial charge in [-0.05, 0) is 42.5 Å². The molecule has 2 atom stereocenters. The highest BCUT2D eigenvalue weighted by atomic mass is 35.5. The fourth-order valence-corrected chi connectivity index (χ4v) is 4.22. The predicted molar refractivity (Wildman–Crippen MR) is 95.3 cm³/mol. The van der Waals surface area contributed by atoms with E-state index in [1.54, 1.807) is 0 Å². The lowest BCUT2D eigenvalue weighted by Gasteiger charge is -2.25. The van der Waals surface area contributed by atoms with Crippen molar-refractivity contribution in [2.45, 2.75) is 18.4 Å². The Morgan fingerprint density at radius 3 is 2.67 bits per heavy atom. The normalized spacial score (nSPS) is 28.1. The summed E-state index contributed by atoms with van der Waals surface area (Å²) in [7, 11) is 0. The van der Waals surface area contributed by atoms with E-state index in [0.717, 1.165) is 23.8 Å². The number of rotatable bonds is 3. The molecule has 1 saturated carbocycles. The predicted octanol–water partition coefficient (Wildman–Crippen LogP) is 3.66. The van der Waals surface area contributed by atoms with Gasteiger partial charge in [-0.25, -0.2) is 0 Å². The summed E-state index contributed by atoms with van der Waals surface area (Å²) in [5.41, 5.74) is 3.26. The van der Waals surface area contributed by atoms with Crippen LogP contribution in [0.3, 0.4) is 0 Å². The van der Waals surface area contributed by atoms with Gasteiger partial charge in [-0.1, -0.05) is 41.9 Å². The quantitative estimate of drug-likeness (QED) is 0.797. The third kappa shape index (κ3) is 2.11. The number of hydrogen-bond donors (Lipinski definition) is 0. The van der Waals surface area contributed by atoms with E-state index in [4.69, 9.17) is 11.6 Å². The molecule has 3 aliphatic rings. The molecule has 5 rings (SSSR count). The van der Waals surface area contributed by atoms with Crippen LogP contribution >= 0.6 is 11.6 Å². The number of halogens is 1. The molecule has 0 spiro atoms. The molecule has 2 aromatic rings. The second kappa shape index (κ2) is 5.08. The summed E-state index contributed by atoms with van der Waals surface area (Å²) in [6.45, 7) is 2.20. The fraction of sp³-hybridized carbons (Fsp3) is 0.350. The number of fused-ring (bicyclic) bond motifs is 3. The average molecular weight is 339 g/mol. The first-order valence-electron chi connectivity index (χ1n) is 8.59. The van der Waals surface area contributed by atoms with Crippen LogP contribution in [0.4, 0.5) is 5.69 Å². The molecule has 4 heteroatoms. The zero-order chi connectivity index (χ0) is 16.3. The van der Waals surface area contributed by atoms with Gasteiger partial charge in [0.15, 0.2) is 0 Å². The second-order valence-electron chi connectivity index (χ2n) is 7.19. The van der Waals surface area contributed by atoms with E-state index in [9.17, 15) is 4.79 Å². The average Bonchev–Trinajstić information content (AvgIpc) is 3.49. The van der Waals surface area contributed by atoms with Crippen LogP contribution in [0.5, 0.6) is 0 Å². The number of hydrogen-bond acceptors (Lipinski definition) is 2. The summed E-state index contributed by atoms with van der Waals surface area (Å²) in [6, 6.07) is 16.5. The van der Waals surface area contributed by atoms with Crippen molar-refractivity contribution in [2.75, 3.05) is 24.5 Å². The minimum absolute atomic E-state index is 0.199. The summed E-state index contributed by atoms with van der Waals surface area (Å²) >= 11 is 6.34. The Morgan fingerprint density at radius 1 is 1.12 bits per heavy atom. The Morgan fingerprint density at radius 2 is 1.92 bits per heavy atom. The van der Waals surface area contributed by atoms with Crippen LogP contribution in [0, 0.1) is 5.92 Å². The first kappa shape index (κ1) is 14.5. The number of amides is 1. The summed E-state index contributed by atoms with van der Waals surface area (Å²) in [6.07, 6.45) is 2.47. The van der Waals surface area contributed by atoms with Gasteiger partial charge in [0.05, 0.1) is 12.1 Å². The molecule has 122 valence electrons. The summed E-state index contributed by atoms with van der Waals surface area (Å²) in [5, 5.41) is 0.733. The molecule has 1 amide bonds. The number of nitrogens with zero attached hydrogens (tertiary/aromatic N) is 2. The lowest BCUT2D eigenvalue weighted by atomic mass is 9.89. The molecule has 1 saturated heterocycles. The van der Waals surface area contributed by atoms with Crippen LogP contribution in [0.25, 0.3) is 0 Å². The van der Waals surface area contributed by atoms with Gasteiger partial charge >= 0.3 is 0 Å². The molecule has 2 unspecified atom stereocenters. The topological polar surface area (TPSA) is 23.3 Å². The Labute approximate surface area is 146 Å². The van der Waals surface area contributed by atoms with E-state index in [0.29, 0.717) is 12.5 Å². The Hall–Kier alpha value is -1.84. The van der Waals surface area contributed by atoms with Crippen molar-refractivity contribution >= 4 is 23.2 Å². The number of anilines is 1. The fourth-order valence-electron chi connectivity index (χ4n) is 4.05.